The van der Waals surface area contributed by atoms with E-state index in [9.17, 15) is 9.59 Å². The number of morpholine rings is 1. The fourth-order valence-electron chi connectivity index (χ4n) is 4.88. The maximum Gasteiger partial charge on any atom is 0.276 e. The second-order valence-electron chi connectivity index (χ2n) is 8.84. The smallest absolute Gasteiger partial charge is 0.276 e. The number of carbonyl (C=O) groups excluding carboxylic acids is 2. The Morgan fingerprint density at radius 2 is 1.67 bits per heavy atom. The minimum atomic E-state index is -0.285. The van der Waals surface area contributed by atoms with Gasteiger partial charge in [-0.15, -0.1) is 0 Å². The Bertz CT molecular complexity index is 1180. The summed E-state index contributed by atoms with van der Waals surface area (Å²) in [5.41, 5.74) is 4.44. The molecule has 0 radical (unpaired) electrons. The van der Waals surface area contributed by atoms with Crippen molar-refractivity contribution in [3.8, 4) is 5.69 Å². The molecule has 0 unspecified atom stereocenters. The molecule has 1 aliphatic heterocycles. The first kappa shape index (κ1) is 21.4. The van der Waals surface area contributed by atoms with Gasteiger partial charge >= 0.3 is 0 Å². The average molecular weight is 445 g/mol. The summed E-state index contributed by atoms with van der Waals surface area (Å²) in [5, 5.41) is 7.65. The summed E-state index contributed by atoms with van der Waals surface area (Å²) in [7, 11) is 0. The summed E-state index contributed by atoms with van der Waals surface area (Å²) in [6.07, 6.45) is 2.68. The molecule has 33 heavy (non-hydrogen) atoms. The van der Waals surface area contributed by atoms with Crippen LogP contribution >= 0.6 is 0 Å². The minimum Gasteiger partial charge on any atom is -0.372 e. The van der Waals surface area contributed by atoms with Crippen LogP contribution < -0.4 is 5.32 Å². The van der Waals surface area contributed by atoms with Crippen LogP contribution in [-0.2, 0) is 17.6 Å². The van der Waals surface area contributed by atoms with Gasteiger partial charge in [0, 0.05) is 24.3 Å². The van der Waals surface area contributed by atoms with Crippen molar-refractivity contribution in [2.45, 2.75) is 45.3 Å². The van der Waals surface area contributed by atoms with Gasteiger partial charge < -0.3 is 15.0 Å². The quantitative estimate of drug-likeness (QED) is 0.663. The Hall–Kier alpha value is -3.45. The molecular formula is C26H28N4O3. The van der Waals surface area contributed by atoms with Gasteiger partial charge in [-0.2, -0.15) is 5.10 Å². The van der Waals surface area contributed by atoms with E-state index in [4.69, 9.17) is 4.74 Å². The predicted molar refractivity (Wildman–Crippen MR) is 126 cm³/mol. The Morgan fingerprint density at radius 3 is 2.42 bits per heavy atom. The van der Waals surface area contributed by atoms with Crippen LogP contribution in [0.2, 0.25) is 0 Å². The molecule has 2 aliphatic rings. The summed E-state index contributed by atoms with van der Waals surface area (Å²) in [6.45, 7) is 4.99. The van der Waals surface area contributed by atoms with Gasteiger partial charge in [0.25, 0.3) is 11.8 Å². The zero-order valence-electron chi connectivity index (χ0n) is 19.0. The number of para-hydroxylation sites is 2. The molecule has 7 nitrogen and oxygen atoms in total. The fraction of sp³-hybridized carbons (Fsp3) is 0.346. The van der Waals surface area contributed by atoms with Crippen LogP contribution in [0.25, 0.3) is 5.69 Å². The van der Waals surface area contributed by atoms with Crippen LogP contribution in [0.4, 0.5) is 5.69 Å². The molecule has 2 amide bonds. The summed E-state index contributed by atoms with van der Waals surface area (Å²) in [6, 6.07) is 17.0. The number of rotatable bonds is 4. The van der Waals surface area contributed by atoms with Gasteiger partial charge in [0.15, 0.2) is 5.69 Å². The van der Waals surface area contributed by atoms with Crippen molar-refractivity contribution in [2.24, 2.45) is 0 Å². The van der Waals surface area contributed by atoms with Crippen molar-refractivity contribution in [2.75, 3.05) is 18.4 Å². The molecule has 1 saturated heterocycles. The molecule has 0 bridgehead atoms. The average Bonchev–Trinajstić information content (AvgIpc) is 3.42. The van der Waals surface area contributed by atoms with E-state index in [-0.39, 0.29) is 24.0 Å². The van der Waals surface area contributed by atoms with E-state index >= 15 is 0 Å². The van der Waals surface area contributed by atoms with Gasteiger partial charge in [0.2, 0.25) is 0 Å². The van der Waals surface area contributed by atoms with Crippen molar-refractivity contribution in [3.63, 3.8) is 0 Å². The Morgan fingerprint density at radius 1 is 0.970 bits per heavy atom. The number of hydrogen-bond donors (Lipinski definition) is 1. The standard InChI is InChI=1S/C26H28N4O3/c1-17-15-29(16-18(2)33-17)26(32)20-11-6-7-13-22(20)27-25(31)24-21-12-8-14-23(21)30(28-24)19-9-4-3-5-10-19/h3-7,9-11,13,17-18H,8,12,14-16H2,1-2H3,(H,27,31)/t17-,18-/m0/s1. The second kappa shape index (κ2) is 8.83. The van der Waals surface area contributed by atoms with E-state index in [1.807, 2.05) is 61.0 Å². The van der Waals surface area contributed by atoms with Crippen molar-refractivity contribution in [1.29, 1.82) is 0 Å². The maximum absolute atomic E-state index is 13.3. The Labute approximate surface area is 193 Å². The van der Waals surface area contributed by atoms with Gasteiger partial charge in [-0.05, 0) is 57.4 Å². The summed E-state index contributed by atoms with van der Waals surface area (Å²) < 4.78 is 7.64. The van der Waals surface area contributed by atoms with Crippen LogP contribution in [-0.4, -0.2) is 51.8 Å². The molecule has 2 atom stereocenters. The number of nitrogens with zero attached hydrogens (tertiary/aromatic N) is 3. The number of carbonyl (C=O) groups is 2. The third-order valence-electron chi connectivity index (χ3n) is 6.26. The van der Waals surface area contributed by atoms with Crippen molar-refractivity contribution in [1.82, 2.24) is 14.7 Å². The zero-order chi connectivity index (χ0) is 22.9. The van der Waals surface area contributed by atoms with E-state index < -0.39 is 0 Å². The number of fused-ring (bicyclic) bond motifs is 1. The summed E-state index contributed by atoms with van der Waals surface area (Å²) in [5.74, 6) is -0.389. The van der Waals surface area contributed by atoms with Crippen LogP contribution in [0.15, 0.2) is 54.6 Å². The molecule has 0 spiro atoms. The van der Waals surface area contributed by atoms with Crippen LogP contribution in [0.5, 0.6) is 0 Å². The van der Waals surface area contributed by atoms with Crippen LogP contribution in [0.3, 0.4) is 0 Å². The summed E-state index contributed by atoms with van der Waals surface area (Å²) in [4.78, 5) is 28.4. The SMILES string of the molecule is C[C@H]1CN(C(=O)c2ccccc2NC(=O)c2nn(-c3ccccc3)c3c2CCC3)C[C@H](C)O1. The van der Waals surface area contributed by atoms with Gasteiger partial charge in [-0.25, -0.2) is 4.68 Å². The lowest BCUT2D eigenvalue weighted by molar-refractivity contribution is -0.0585. The number of ether oxygens (including phenoxy) is 1. The van der Waals surface area contributed by atoms with E-state index in [0.29, 0.717) is 30.0 Å². The van der Waals surface area contributed by atoms with Crippen LogP contribution in [0, 0.1) is 0 Å². The lowest BCUT2D eigenvalue weighted by Gasteiger charge is -2.35. The number of nitrogens with one attached hydrogen (secondary N) is 1. The molecule has 1 N–H and O–H groups in total. The van der Waals surface area contributed by atoms with Crippen molar-refractivity contribution < 1.29 is 14.3 Å². The molecule has 1 fully saturated rings. The van der Waals surface area contributed by atoms with Gasteiger partial charge in [0.05, 0.1) is 29.1 Å². The topological polar surface area (TPSA) is 76.5 Å². The molecule has 170 valence electrons. The van der Waals surface area contributed by atoms with Gasteiger partial charge in [0.1, 0.15) is 0 Å². The first-order chi connectivity index (χ1) is 16.0. The van der Waals surface area contributed by atoms with Crippen molar-refractivity contribution >= 4 is 17.5 Å². The minimum absolute atomic E-state index is 0.0241. The number of aromatic nitrogens is 2. The molecular weight excluding hydrogens is 416 g/mol. The highest BCUT2D eigenvalue weighted by Gasteiger charge is 2.30. The lowest BCUT2D eigenvalue weighted by Crippen LogP contribution is -2.48. The number of hydrogen-bond acceptors (Lipinski definition) is 4. The van der Waals surface area contributed by atoms with Crippen LogP contribution in [0.1, 0.15) is 52.4 Å². The Kier molecular flexibility index (Phi) is 5.72. The van der Waals surface area contributed by atoms with E-state index in [0.717, 1.165) is 36.2 Å². The number of anilines is 1. The van der Waals surface area contributed by atoms with Gasteiger partial charge in [-0.3, -0.25) is 9.59 Å². The fourth-order valence-corrected chi connectivity index (χ4v) is 4.88. The molecule has 1 aromatic heterocycles. The first-order valence-corrected chi connectivity index (χ1v) is 11.5. The monoisotopic (exact) mass is 444 g/mol. The second-order valence-corrected chi connectivity index (χ2v) is 8.84. The number of amides is 2. The number of benzene rings is 2. The molecule has 3 aromatic rings. The highest BCUT2D eigenvalue weighted by Crippen LogP contribution is 2.29. The first-order valence-electron chi connectivity index (χ1n) is 11.5. The highest BCUT2D eigenvalue weighted by atomic mass is 16.5. The lowest BCUT2D eigenvalue weighted by atomic mass is 10.1. The third-order valence-corrected chi connectivity index (χ3v) is 6.26. The normalized spacial score (nSPS) is 19.9. The summed E-state index contributed by atoms with van der Waals surface area (Å²) >= 11 is 0. The van der Waals surface area contributed by atoms with Crippen molar-refractivity contribution in [3.05, 3.63) is 77.1 Å². The third kappa shape index (κ3) is 4.16. The molecule has 2 heterocycles. The maximum atomic E-state index is 13.3. The highest BCUT2D eigenvalue weighted by molar-refractivity contribution is 6.09. The molecule has 0 saturated carbocycles. The molecule has 1 aliphatic carbocycles. The largest absolute Gasteiger partial charge is 0.372 e. The zero-order valence-corrected chi connectivity index (χ0v) is 19.0. The molecule has 2 aromatic carbocycles. The van der Waals surface area contributed by atoms with E-state index in [2.05, 4.69) is 10.4 Å². The predicted octanol–water partition coefficient (Wildman–Crippen LogP) is 3.86. The van der Waals surface area contributed by atoms with E-state index in [1.165, 1.54) is 0 Å². The molecule has 5 rings (SSSR count). The Balaban J connectivity index is 1.42. The van der Waals surface area contributed by atoms with Gasteiger partial charge in [-0.1, -0.05) is 30.3 Å². The van der Waals surface area contributed by atoms with E-state index in [1.54, 1.807) is 17.0 Å². The molecule has 7 heteroatoms.